The monoisotopic (exact) mass is 361 g/mol. The van der Waals surface area contributed by atoms with Gasteiger partial charge in [0, 0.05) is 6.08 Å². The van der Waals surface area contributed by atoms with E-state index in [2.05, 4.69) is 5.32 Å². The molecule has 0 heterocycles. The van der Waals surface area contributed by atoms with Crippen molar-refractivity contribution in [1.82, 2.24) is 5.32 Å². The molecule has 1 N–H and O–H groups in total. The summed E-state index contributed by atoms with van der Waals surface area (Å²) in [5, 5.41) is 2.70. The average molecular weight is 362 g/mol. The zero-order valence-electron chi connectivity index (χ0n) is 13.5. The number of carbonyl (C=O) groups is 2. The number of nitrogens with one attached hydrogen (secondary N) is 1. The van der Waals surface area contributed by atoms with Crippen molar-refractivity contribution >= 4 is 29.6 Å². The number of benzene rings is 2. The first-order valence-corrected chi connectivity index (χ1v) is 7.97. The first-order chi connectivity index (χ1) is 12.0. The number of amides is 1. The zero-order chi connectivity index (χ0) is 18.2. The molecule has 6 heteroatoms. The van der Waals surface area contributed by atoms with Crippen LogP contribution < -0.4 is 5.32 Å². The Balaban J connectivity index is 1.80. The van der Waals surface area contributed by atoms with E-state index < -0.39 is 17.7 Å². The third kappa shape index (κ3) is 6.04. The number of rotatable bonds is 6. The van der Waals surface area contributed by atoms with Crippen LogP contribution in [0.1, 0.15) is 24.1 Å². The minimum Gasteiger partial charge on any atom is -0.452 e. The summed E-state index contributed by atoms with van der Waals surface area (Å²) in [7, 11) is 0. The topological polar surface area (TPSA) is 55.4 Å². The number of ether oxygens (including phenoxy) is 1. The summed E-state index contributed by atoms with van der Waals surface area (Å²) >= 11 is 5.65. The largest absolute Gasteiger partial charge is 0.452 e. The van der Waals surface area contributed by atoms with Crippen molar-refractivity contribution in [1.29, 1.82) is 0 Å². The number of hydrogen-bond donors (Lipinski definition) is 1. The molecule has 25 heavy (non-hydrogen) atoms. The van der Waals surface area contributed by atoms with Gasteiger partial charge in [0.2, 0.25) is 0 Å². The molecule has 0 unspecified atom stereocenters. The third-order valence-electron chi connectivity index (χ3n) is 3.38. The molecule has 0 saturated heterocycles. The van der Waals surface area contributed by atoms with Gasteiger partial charge >= 0.3 is 5.97 Å². The van der Waals surface area contributed by atoms with Gasteiger partial charge in [0.1, 0.15) is 5.82 Å². The molecule has 1 atom stereocenters. The Morgan fingerprint density at radius 3 is 2.64 bits per heavy atom. The lowest BCUT2D eigenvalue weighted by atomic mass is 10.1. The van der Waals surface area contributed by atoms with Gasteiger partial charge in [-0.3, -0.25) is 4.79 Å². The van der Waals surface area contributed by atoms with E-state index in [9.17, 15) is 14.0 Å². The van der Waals surface area contributed by atoms with E-state index in [-0.39, 0.29) is 17.7 Å². The first kappa shape index (κ1) is 18.7. The highest BCUT2D eigenvalue weighted by Crippen LogP contribution is 2.16. The molecule has 2 aromatic carbocycles. The Morgan fingerprint density at radius 2 is 1.96 bits per heavy atom. The fraction of sp³-hybridized carbons (Fsp3) is 0.158. The molecule has 4 nitrogen and oxygen atoms in total. The Kier molecular flexibility index (Phi) is 6.71. The Bertz CT molecular complexity index is 777. The van der Waals surface area contributed by atoms with Gasteiger partial charge in [-0.15, -0.1) is 0 Å². The summed E-state index contributed by atoms with van der Waals surface area (Å²) in [6.45, 7) is 1.46. The Labute approximate surface area is 150 Å². The minimum absolute atomic E-state index is 0.0372. The van der Waals surface area contributed by atoms with Gasteiger partial charge in [0.05, 0.1) is 11.1 Å². The van der Waals surface area contributed by atoms with Gasteiger partial charge in [0.25, 0.3) is 5.91 Å². The van der Waals surface area contributed by atoms with Gasteiger partial charge in [0.15, 0.2) is 6.61 Å². The summed E-state index contributed by atoms with van der Waals surface area (Å²) in [5.74, 6) is -1.61. The molecule has 0 aliphatic rings. The van der Waals surface area contributed by atoms with Crippen molar-refractivity contribution in [2.75, 3.05) is 6.61 Å². The number of halogens is 2. The van der Waals surface area contributed by atoms with Crippen LogP contribution in [0.5, 0.6) is 0 Å². The van der Waals surface area contributed by atoms with Crippen LogP contribution in [0.4, 0.5) is 4.39 Å². The lowest BCUT2D eigenvalue weighted by molar-refractivity contribution is -0.144. The van der Waals surface area contributed by atoms with Crippen molar-refractivity contribution in [3.05, 3.63) is 76.6 Å². The van der Waals surface area contributed by atoms with Crippen molar-refractivity contribution in [3.8, 4) is 0 Å². The smallest absolute Gasteiger partial charge is 0.331 e. The molecule has 0 aliphatic heterocycles. The molecule has 1 amide bonds. The second kappa shape index (κ2) is 8.99. The molecule has 0 fully saturated rings. The molecule has 0 saturated carbocycles. The van der Waals surface area contributed by atoms with Crippen LogP contribution >= 0.6 is 11.6 Å². The van der Waals surface area contributed by atoms with E-state index >= 15 is 0 Å². The van der Waals surface area contributed by atoms with Crippen LogP contribution in [0.3, 0.4) is 0 Å². The van der Waals surface area contributed by atoms with E-state index in [1.165, 1.54) is 24.3 Å². The quantitative estimate of drug-likeness (QED) is 0.627. The maximum atomic E-state index is 13.0. The van der Waals surface area contributed by atoms with Gasteiger partial charge in [-0.2, -0.15) is 0 Å². The standard InChI is InChI=1S/C19H17ClFNO3/c1-13(15-5-3-2-4-6-15)22-18(23)12-25-19(24)10-8-14-7-9-17(21)16(20)11-14/h2-11,13H,12H2,1H3,(H,22,23)/b10-8+/t13-/m1/s1. The van der Waals surface area contributed by atoms with Crippen molar-refractivity contribution < 1.29 is 18.7 Å². The van der Waals surface area contributed by atoms with Crippen molar-refractivity contribution in [2.45, 2.75) is 13.0 Å². The van der Waals surface area contributed by atoms with Gasteiger partial charge in [-0.05, 0) is 36.3 Å². The molecule has 2 aromatic rings. The van der Waals surface area contributed by atoms with E-state index in [0.717, 1.165) is 11.6 Å². The second-order valence-corrected chi connectivity index (χ2v) is 5.72. The van der Waals surface area contributed by atoms with Crippen molar-refractivity contribution in [3.63, 3.8) is 0 Å². The Hall–Kier alpha value is -2.66. The van der Waals surface area contributed by atoms with Crippen LogP contribution in [-0.4, -0.2) is 18.5 Å². The normalized spacial score (nSPS) is 12.0. The van der Waals surface area contributed by atoms with E-state index in [4.69, 9.17) is 16.3 Å². The summed E-state index contributed by atoms with van der Waals surface area (Å²) in [5.41, 5.74) is 1.50. The average Bonchev–Trinajstić information content (AvgIpc) is 2.61. The lowest BCUT2D eigenvalue weighted by Gasteiger charge is -2.13. The predicted molar refractivity (Wildman–Crippen MR) is 94.4 cm³/mol. The second-order valence-electron chi connectivity index (χ2n) is 5.31. The van der Waals surface area contributed by atoms with Gasteiger partial charge in [-0.25, -0.2) is 9.18 Å². The summed E-state index contributed by atoms with van der Waals surface area (Å²) in [6.07, 6.45) is 2.58. The summed E-state index contributed by atoms with van der Waals surface area (Å²) in [4.78, 5) is 23.4. The Morgan fingerprint density at radius 1 is 1.24 bits per heavy atom. The highest BCUT2D eigenvalue weighted by atomic mass is 35.5. The highest BCUT2D eigenvalue weighted by Gasteiger charge is 2.10. The van der Waals surface area contributed by atoms with Crippen molar-refractivity contribution in [2.24, 2.45) is 0 Å². The third-order valence-corrected chi connectivity index (χ3v) is 3.67. The fourth-order valence-corrected chi connectivity index (χ4v) is 2.26. The SMILES string of the molecule is C[C@@H](NC(=O)COC(=O)/C=C/c1ccc(F)c(Cl)c1)c1ccccc1. The molecule has 2 rings (SSSR count). The molecule has 0 aliphatic carbocycles. The maximum absolute atomic E-state index is 13.0. The van der Waals surface area contributed by atoms with Gasteiger partial charge < -0.3 is 10.1 Å². The fourth-order valence-electron chi connectivity index (χ4n) is 2.07. The molecular weight excluding hydrogens is 345 g/mol. The van der Waals surface area contributed by atoms with Crippen LogP contribution in [0.15, 0.2) is 54.6 Å². The van der Waals surface area contributed by atoms with Crippen LogP contribution in [0, 0.1) is 5.82 Å². The predicted octanol–water partition coefficient (Wildman–Crippen LogP) is 3.91. The number of carbonyl (C=O) groups excluding carboxylic acids is 2. The van der Waals surface area contributed by atoms with Crippen LogP contribution in [-0.2, 0) is 14.3 Å². The van der Waals surface area contributed by atoms with E-state index in [0.29, 0.717) is 5.56 Å². The molecule has 0 bridgehead atoms. The van der Waals surface area contributed by atoms with E-state index in [1.807, 2.05) is 37.3 Å². The molecule has 0 radical (unpaired) electrons. The van der Waals surface area contributed by atoms with Crippen LogP contribution in [0.2, 0.25) is 5.02 Å². The number of esters is 1. The minimum atomic E-state index is -0.678. The summed E-state index contributed by atoms with van der Waals surface area (Å²) < 4.78 is 17.9. The maximum Gasteiger partial charge on any atom is 0.331 e. The molecular formula is C19H17ClFNO3. The van der Waals surface area contributed by atoms with Crippen LogP contribution in [0.25, 0.3) is 6.08 Å². The summed E-state index contributed by atoms with van der Waals surface area (Å²) in [6, 6.07) is 13.3. The number of hydrogen-bond acceptors (Lipinski definition) is 3. The highest BCUT2D eigenvalue weighted by molar-refractivity contribution is 6.30. The molecule has 0 spiro atoms. The first-order valence-electron chi connectivity index (χ1n) is 7.60. The van der Waals surface area contributed by atoms with E-state index in [1.54, 1.807) is 0 Å². The van der Waals surface area contributed by atoms with Gasteiger partial charge in [-0.1, -0.05) is 48.0 Å². The zero-order valence-corrected chi connectivity index (χ0v) is 14.3. The lowest BCUT2D eigenvalue weighted by Crippen LogP contribution is -2.30. The molecule has 130 valence electrons. The molecule has 0 aromatic heterocycles.